The van der Waals surface area contributed by atoms with E-state index < -0.39 is 27.1 Å². The average Bonchev–Trinajstić information content (AvgIpc) is 3.47. The first-order chi connectivity index (χ1) is 21.4. The molecular formula is C34H40F3N3O4S. The van der Waals surface area contributed by atoms with E-state index in [-0.39, 0.29) is 28.6 Å². The number of fused-ring (bicyclic) bond motifs is 1. The van der Waals surface area contributed by atoms with E-state index in [0.717, 1.165) is 25.7 Å². The third-order valence-electron chi connectivity index (χ3n) is 9.19. The molecule has 2 fully saturated rings. The van der Waals surface area contributed by atoms with Gasteiger partial charge in [-0.05, 0) is 80.0 Å². The fraction of sp³-hybridized carbons (Fsp3) is 0.471. The number of aromatic amines is 1. The minimum Gasteiger partial charge on any atom is -0.368 e. The van der Waals surface area contributed by atoms with Crippen LogP contribution in [0.3, 0.4) is 0 Å². The number of halogens is 3. The number of H-pyrrole nitrogens is 1. The monoisotopic (exact) mass is 643 g/mol. The standard InChI is InChI=1S/C34H40F3N3O4S/c1-23-30(15-14-29-33(23)28(34(35,36)37)22-32(42)39-29)40-20-5-8-26(40)17-19-38-31(41)16-11-25-9-12-27(13-10-25)45(43,44)21-18-24-6-3-2-4-7-24/h9-16,22,24,26H,2-8,17-21H2,1H3,(H,38,41)(H,39,42)/b16-11+. The first-order valence-corrected chi connectivity index (χ1v) is 17.4. The van der Waals surface area contributed by atoms with Crippen LogP contribution in [-0.4, -0.2) is 44.2 Å². The van der Waals surface area contributed by atoms with Gasteiger partial charge in [0.1, 0.15) is 0 Å². The van der Waals surface area contributed by atoms with Gasteiger partial charge < -0.3 is 15.2 Å². The minimum atomic E-state index is -4.66. The summed E-state index contributed by atoms with van der Waals surface area (Å²) in [5.41, 5.74) is 0.268. The van der Waals surface area contributed by atoms with Crippen LogP contribution in [0, 0.1) is 12.8 Å². The number of nitrogens with zero attached hydrogens (tertiary/aromatic N) is 1. The number of sulfone groups is 1. The molecule has 1 saturated heterocycles. The van der Waals surface area contributed by atoms with Gasteiger partial charge in [-0.1, -0.05) is 44.2 Å². The summed E-state index contributed by atoms with van der Waals surface area (Å²) < 4.78 is 67.0. The molecule has 2 aliphatic rings. The number of hydrogen-bond donors (Lipinski definition) is 2. The van der Waals surface area contributed by atoms with Gasteiger partial charge in [-0.15, -0.1) is 0 Å². The molecule has 0 radical (unpaired) electrons. The van der Waals surface area contributed by atoms with Crippen molar-refractivity contribution in [3.8, 4) is 0 Å². The Hall–Kier alpha value is -3.60. The molecule has 1 unspecified atom stereocenters. The number of carbonyl (C=O) groups is 1. The number of alkyl halides is 3. The molecule has 242 valence electrons. The number of nitrogens with one attached hydrogen (secondary N) is 2. The van der Waals surface area contributed by atoms with Crippen LogP contribution >= 0.6 is 0 Å². The van der Waals surface area contributed by atoms with Crippen molar-refractivity contribution in [3.63, 3.8) is 0 Å². The van der Waals surface area contributed by atoms with Crippen LogP contribution in [0.25, 0.3) is 17.0 Å². The number of carbonyl (C=O) groups excluding carboxylic acids is 1. The van der Waals surface area contributed by atoms with E-state index in [1.54, 1.807) is 43.3 Å². The Bertz CT molecular complexity index is 1710. The SMILES string of the molecule is Cc1c(N2CCCC2CCNC(=O)/C=C/c2ccc(S(=O)(=O)CCC3CCCCC3)cc2)ccc2[nH]c(=O)cc(C(F)(F)F)c12. The van der Waals surface area contributed by atoms with Crippen LogP contribution in [0.5, 0.6) is 0 Å². The van der Waals surface area contributed by atoms with Gasteiger partial charge in [-0.3, -0.25) is 9.59 Å². The van der Waals surface area contributed by atoms with E-state index in [2.05, 4.69) is 15.2 Å². The first-order valence-electron chi connectivity index (χ1n) is 15.7. The van der Waals surface area contributed by atoms with Crippen LogP contribution in [-0.2, 0) is 20.8 Å². The molecular weight excluding hydrogens is 603 g/mol. The third-order valence-corrected chi connectivity index (χ3v) is 11.0. The molecule has 0 spiro atoms. The van der Waals surface area contributed by atoms with Crippen LogP contribution in [0.15, 0.2) is 58.2 Å². The summed E-state index contributed by atoms with van der Waals surface area (Å²) in [5, 5.41) is 2.87. The maximum absolute atomic E-state index is 13.8. The molecule has 1 aliphatic heterocycles. The van der Waals surface area contributed by atoms with Crippen LogP contribution in [0.2, 0.25) is 0 Å². The summed E-state index contributed by atoms with van der Waals surface area (Å²) in [6, 6.07) is 10.5. The highest BCUT2D eigenvalue weighted by Gasteiger charge is 2.35. The zero-order valence-corrected chi connectivity index (χ0v) is 26.3. The molecule has 1 amide bonds. The number of aryl methyl sites for hydroxylation is 1. The second kappa shape index (κ2) is 13.8. The van der Waals surface area contributed by atoms with E-state index in [0.29, 0.717) is 59.6 Å². The Kier molecular flexibility index (Phi) is 10.1. The lowest BCUT2D eigenvalue weighted by Gasteiger charge is -2.29. The topological polar surface area (TPSA) is 99.3 Å². The number of hydrogen-bond acceptors (Lipinski definition) is 5. The molecule has 2 aromatic carbocycles. The summed E-state index contributed by atoms with van der Waals surface area (Å²) in [4.78, 5) is 29.3. The first kappa shape index (κ1) is 32.8. The molecule has 2 heterocycles. The van der Waals surface area contributed by atoms with Crippen molar-refractivity contribution in [2.75, 3.05) is 23.7 Å². The largest absolute Gasteiger partial charge is 0.417 e. The summed E-state index contributed by atoms with van der Waals surface area (Å²) in [5.74, 6) is 0.362. The van der Waals surface area contributed by atoms with E-state index in [1.807, 2.05) is 0 Å². The van der Waals surface area contributed by atoms with Crippen molar-refractivity contribution in [1.29, 1.82) is 0 Å². The van der Waals surface area contributed by atoms with E-state index in [9.17, 15) is 31.2 Å². The van der Waals surface area contributed by atoms with Gasteiger partial charge in [0, 0.05) is 47.9 Å². The minimum absolute atomic E-state index is 0.00577. The summed E-state index contributed by atoms with van der Waals surface area (Å²) >= 11 is 0. The molecule has 0 bridgehead atoms. The van der Waals surface area contributed by atoms with Gasteiger partial charge >= 0.3 is 6.18 Å². The van der Waals surface area contributed by atoms with Crippen molar-refractivity contribution in [2.24, 2.45) is 5.92 Å². The number of rotatable bonds is 10. The van der Waals surface area contributed by atoms with E-state index in [4.69, 9.17) is 0 Å². The second-order valence-electron chi connectivity index (χ2n) is 12.3. The van der Waals surface area contributed by atoms with Crippen LogP contribution in [0.1, 0.15) is 74.5 Å². The van der Waals surface area contributed by atoms with Crippen molar-refractivity contribution in [1.82, 2.24) is 10.3 Å². The van der Waals surface area contributed by atoms with Gasteiger partial charge in [0.25, 0.3) is 0 Å². The number of amides is 1. The highest BCUT2D eigenvalue weighted by atomic mass is 32.2. The molecule has 2 N–H and O–H groups in total. The lowest BCUT2D eigenvalue weighted by atomic mass is 9.88. The molecule has 11 heteroatoms. The molecule has 7 nitrogen and oxygen atoms in total. The predicted molar refractivity (Wildman–Crippen MR) is 171 cm³/mol. The average molecular weight is 644 g/mol. The molecule has 1 atom stereocenters. The van der Waals surface area contributed by atoms with Gasteiger partial charge in [0.05, 0.1) is 16.2 Å². The van der Waals surface area contributed by atoms with E-state index in [1.165, 1.54) is 31.4 Å². The Morgan fingerprint density at radius 1 is 1.02 bits per heavy atom. The highest BCUT2D eigenvalue weighted by Crippen LogP contribution is 2.39. The van der Waals surface area contributed by atoms with Gasteiger partial charge in [0.15, 0.2) is 9.84 Å². The number of benzene rings is 2. The lowest BCUT2D eigenvalue weighted by Crippen LogP contribution is -2.34. The molecule has 5 rings (SSSR count). The molecule has 1 saturated carbocycles. The fourth-order valence-corrected chi connectivity index (χ4v) is 8.24. The van der Waals surface area contributed by atoms with Gasteiger partial charge in [-0.2, -0.15) is 13.2 Å². The Balaban J connectivity index is 1.16. The second-order valence-corrected chi connectivity index (χ2v) is 14.4. The summed E-state index contributed by atoms with van der Waals surface area (Å²) in [7, 11) is -3.35. The number of pyridine rings is 1. The number of aromatic nitrogens is 1. The number of anilines is 1. The van der Waals surface area contributed by atoms with Crippen molar-refractivity contribution in [2.45, 2.75) is 81.8 Å². The molecule has 45 heavy (non-hydrogen) atoms. The lowest BCUT2D eigenvalue weighted by molar-refractivity contribution is -0.136. The zero-order valence-electron chi connectivity index (χ0n) is 25.5. The Morgan fingerprint density at radius 2 is 1.76 bits per heavy atom. The fourth-order valence-electron chi connectivity index (χ4n) is 6.81. The van der Waals surface area contributed by atoms with Crippen LogP contribution in [0.4, 0.5) is 18.9 Å². The summed E-state index contributed by atoms with van der Waals surface area (Å²) in [6.45, 7) is 2.71. The predicted octanol–water partition coefficient (Wildman–Crippen LogP) is 6.79. The highest BCUT2D eigenvalue weighted by molar-refractivity contribution is 7.91. The summed E-state index contributed by atoms with van der Waals surface area (Å²) in [6.07, 6.45) is 7.25. The van der Waals surface area contributed by atoms with Crippen molar-refractivity contribution < 1.29 is 26.4 Å². The quantitative estimate of drug-likeness (QED) is 0.237. The van der Waals surface area contributed by atoms with Gasteiger partial charge in [-0.25, -0.2) is 8.42 Å². The Labute approximate surface area is 261 Å². The van der Waals surface area contributed by atoms with E-state index >= 15 is 0 Å². The smallest absolute Gasteiger partial charge is 0.368 e. The van der Waals surface area contributed by atoms with Crippen LogP contribution < -0.4 is 15.8 Å². The van der Waals surface area contributed by atoms with Crippen molar-refractivity contribution >= 4 is 38.4 Å². The maximum atomic E-state index is 13.8. The maximum Gasteiger partial charge on any atom is 0.417 e. The third kappa shape index (κ3) is 7.98. The Morgan fingerprint density at radius 3 is 2.47 bits per heavy atom. The van der Waals surface area contributed by atoms with Crippen molar-refractivity contribution in [3.05, 3.63) is 75.6 Å². The molecule has 1 aromatic heterocycles. The van der Waals surface area contributed by atoms with Gasteiger partial charge in [0.2, 0.25) is 11.5 Å². The zero-order chi connectivity index (χ0) is 32.2. The molecule has 3 aromatic rings. The molecule has 1 aliphatic carbocycles. The normalized spacial score (nSPS) is 18.2.